The highest BCUT2D eigenvalue weighted by atomic mass is 15.1. The van der Waals surface area contributed by atoms with Gasteiger partial charge >= 0.3 is 0 Å². The molecule has 0 saturated heterocycles. The highest BCUT2D eigenvalue weighted by molar-refractivity contribution is 4.73. The van der Waals surface area contributed by atoms with E-state index in [1.165, 1.54) is 13.0 Å². The summed E-state index contributed by atoms with van der Waals surface area (Å²) in [5, 5.41) is 0. The Bertz CT molecular complexity index is 116. The van der Waals surface area contributed by atoms with Crippen molar-refractivity contribution in [2.24, 2.45) is 11.3 Å². The lowest BCUT2D eigenvalue weighted by Gasteiger charge is -2.31. The molecule has 0 spiro atoms. The second kappa shape index (κ2) is 8.28. The van der Waals surface area contributed by atoms with Gasteiger partial charge in [-0.2, -0.15) is 0 Å². The molecule has 0 amide bonds. The Labute approximate surface area is 91.9 Å². The first-order chi connectivity index (χ1) is 6.37. The third-order valence-corrected chi connectivity index (χ3v) is 2.20. The first-order valence-corrected chi connectivity index (χ1v) is 6.06. The van der Waals surface area contributed by atoms with E-state index >= 15 is 0 Å². The third kappa shape index (κ3) is 10.0. The second-order valence-corrected chi connectivity index (χ2v) is 5.09. The zero-order valence-corrected chi connectivity index (χ0v) is 11.6. The lowest BCUT2D eigenvalue weighted by molar-refractivity contribution is 0.186. The largest absolute Gasteiger partial charge is 0.306 e. The molecule has 0 N–H and O–H groups in total. The smallest absolute Gasteiger partial charge is 0.00296 e. The monoisotopic (exact) mass is 201 g/mol. The summed E-state index contributed by atoms with van der Waals surface area (Å²) < 4.78 is 0. The van der Waals surface area contributed by atoms with Crippen molar-refractivity contribution >= 4 is 0 Å². The molecule has 0 atom stereocenters. The first kappa shape index (κ1) is 16.4. The Kier molecular flexibility index (Phi) is 9.70. The Morgan fingerprint density at radius 3 is 1.86 bits per heavy atom. The Morgan fingerprint density at radius 2 is 1.57 bits per heavy atom. The summed E-state index contributed by atoms with van der Waals surface area (Å²) in [5.41, 5.74) is 0.471. The van der Waals surface area contributed by atoms with Gasteiger partial charge in [0.25, 0.3) is 0 Å². The summed E-state index contributed by atoms with van der Waals surface area (Å²) in [6.45, 7) is 17.9. The van der Waals surface area contributed by atoms with Crippen LogP contribution < -0.4 is 0 Å². The van der Waals surface area contributed by atoms with Crippen LogP contribution in [0.5, 0.6) is 0 Å². The van der Waals surface area contributed by atoms with Crippen LogP contribution in [0.4, 0.5) is 0 Å². The van der Waals surface area contributed by atoms with Gasteiger partial charge in [-0.1, -0.05) is 48.5 Å². The molecule has 0 aliphatic carbocycles. The fraction of sp³-hybridized carbons (Fsp3) is 1.00. The van der Waals surface area contributed by atoms with Crippen LogP contribution in [0.25, 0.3) is 0 Å². The minimum atomic E-state index is 0.471. The Hall–Kier alpha value is -0.0400. The molecule has 0 radical (unpaired) electrons. The van der Waals surface area contributed by atoms with E-state index in [2.05, 4.69) is 46.6 Å². The van der Waals surface area contributed by atoms with E-state index in [1.807, 2.05) is 13.8 Å². The lowest BCUT2D eigenvalue weighted by Crippen LogP contribution is -2.32. The molecular weight excluding hydrogens is 170 g/mol. The quantitative estimate of drug-likeness (QED) is 0.649. The number of nitrogens with zero attached hydrogens (tertiary/aromatic N) is 1. The molecule has 0 aromatic rings. The maximum Gasteiger partial charge on any atom is 0.00296 e. The van der Waals surface area contributed by atoms with Crippen LogP contribution in [0.1, 0.15) is 54.9 Å². The fourth-order valence-corrected chi connectivity index (χ4v) is 2.01. The van der Waals surface area contributed by atoms with Gasteiger partial charge in [0.05, 0.1) is 0 Å². The lowest BCUT2D eigenvalue weighted by atomic mass is 9.83. The van der Waals surface area contributed by atoms with Crippen LogP contribution in [0.15, 0.2) is 0 Å². The highest BCUT2D eigenvalue weighted by Crippen LogP contribution is 2.25. The van der Waals surface area contributed by atoms with Crippen molar-refractivity contribution in [3.63, 3.8) is 0 Å². The number of rotatable bonds is 5. The summed E-state index contributed by atoms with van der Waals surface area (Å²) in [6, 6.07) is 0. The minimum Gasteiger partial charge on any atom is -0.306 e. The standard InChI is InChI=1S/C11H25N.C2H6/c1-7-12(6)9-11(4,5)8-10(2)3;1-2/h10H,7-9H2,1-6H3;1-2H3. The van der Waals surface area contributed by atoms with E-state index in [1.54, 1.807) is 0 Å². The van der Waals surface area contributed by atoms with E-state index in [0.29, 0.717) is 5.41 Å². The summed E-state index contributed by atoms with van der Waals surface area (Å²) in [6.07, 6.45) is 1.32. The van der Waals surface area contributed by atoms with Gasteiger partial charge in [-0.25, -0.2) is 0 Å². The zero-order chi connectivity index (χ0) is 11.8. The van der Waals surface area contributed by atoms with Crippen molar-refractivity contribution in [2.45, 2.75) is 54.9 Å². The molecule has 0 unspecified atom stereocenters. The first-order valence-electron chi connectivity index (χ1n) is 6.06. The highest BCUT2D eigenvalue weighted by Gasteiger charge is 2.20. The third-order valence-electron chi connectivity index (χ3n) is 2.20. The van der Waals surface area contributed by atoms with Crippen molar-refractivity contribution in [3.8, 4) is 0 Å². The summed E-state index contributed by atoms with van der Waals surface area (Å²) in [4.78, 5) is 2.39. The van der Waals surface area contributed by atoms with E-state index in [0.717, 1.165) is 12.5 Å². The van der Waals surface area contributed by atoms with Gasteiger partial charge in [-0.3, -0.25) is 0 Å². The van der Waals surface area contributed by atoms with Crippen molar-refractivity contribution in [2.75, 3.05) is 20.1 Å². The zero-order valence-electron chi connectivity index (χ0n) is 11.6. The van der Waals surface area contributed by atoms with Crippen molar-refractivity contribution in [1.82, 2.24) is 4.90 Å². The predicted octanol–water partition coefficient (Wildman–Crippen LogP) is 4.04. The minimum absolute atomic E-state index is 0.471. The van der Waals surface area contributed by atoms with Crippen LogP contribution in [0, 0.1) is 11.3 Å². The van der Waals surface area contributed by atoms with Crippen molar-refractivity contribution in [3.05, 3.63) is 0 Å². The predicted molar refractivity (Wildman–Crippen MR) is 67.8 cm³/mol. The molecule has 0 fully saturated rings. The summed E-state index contributed by atoms with van der Waals surface area (Å²) in [5.74, 6) is 0.810. The fourth-order valence-electron chi connectivity index (χ4n) is 2.01. The van der Waals surface area contributed by atoms with Crippen LogP contribution >= 0.6 is 0 Å². The molecule has 0 aromatic carbocycles. The van der Waals surface area contributed by atoms with Gasteiger partial charge in [0.1, 0.15) is 0 Å². The molecule has 0 bridgehead atoms. The van der Waals surface area contributed by atoms with E-state index in [9.17, 15) is 0 Å². The molecule has 1 heteroatoms. The topological polar surface area (TPSA) is 3.24 Å². The van der Waals surface area contributed by atoms with Gasteiger partial charge in [0.2, 0.25) is 0 Å². The van der Waals surface area contributed by atoms with Gasteiger partial charge in [0.15, 0.2) is 0 Å². The summed E-state index contributed by atoms with van der Waals surface area (Å²) >= 11 is 0. The van der Waals surface area contributed by atoms with E-state index in [-0.39, 0.29) is 0 Å². The van der Waals surface area contributed by atoms with Gasteiger partial charge in [-0.05, 0) is 31.3 Å². The van der Waals surface area contributed by atoms with Gasteiger partial charge in [-0.15, -0.1) is 0 Å². The molecule has 0 aromatic heterocycles. The van der Waals surface area contributed by atoms with Crippen molar-refractivity contribution in [1.29, 1.82) is 0 Å². The molecule has 88 valence electrons. The van der Waals surface area contributed by atoms with Crippen LogP contribution in [-0.2, 0) is 0 Å². The van der Waals surface area contributed by atoms with E-state index in [4.69, 9.17) is 0 Å². The molecule has 14 heavy (non-hydrogen) atoms. The maximum absolute atomic E-state index is 2.39. The SMILES string of the molecule is CC.CCN(C)CC(C)(C)CC(C)C. The molecule has 0 heterocycles. The average Bonchev–Trinajstić information content (AvgIpc) is 2.04. The Balaban J connectivity index is 0. The van der Waals surface area contributed by atoms with Gasteiger partial charge in [0, 0.05) is 6.54 Å². The van der Waals surface area contributed by atoms with Crippen LogP contribution in [0.3, 0.4) is 0 Å². The normalized spacial score (nSPS) is 11.6. The number of hydrogen-bond acceptors (Lipinski definition) is 1. The Morgan fingerprint density at radius 1 is 1.14 bits per heavy atom. The van der Waals surface area contributed by atoms with E-state index < -0.39 is 0 Å². The molecule has 0 aliphatic rings. The molecule has 1 nitrogen and oxygen atoms in total. The van der Waals surface area contributed by atoms with Gasteiger partial charge < -0.3 is 4.90 Å². The molecular formula is C13H31N. The second-order valence-electron chi connectivity index (χ2n) is 5.09. The maximum atomic E-state index is 2.39. The molecule has 0 aliphatic heterocycles. The molecule has 0 saturated carbocycles. The summed E-state index contributed by atoms with van der Waals surface area (Å²) in [7, 11) is 2.20. The van der Waals surface area contributed by atoms with Crippen molar-refractivity contribution < 1.29 is 0 Å². The molecule has 0 rings (SSSR count). The average molecular weight is 201 g/mol. The number of hydrogen-bond donors (Lipinski definition) is 0. The van der Waals surface area contributed by atoms with Crippen LogP contribution in [-0.4, -0.2) is 25.0 Å². The van der Waals surface area contributed by atoms with Crippen LogP contribution in [0.2, 0.25) is 0 Å².